The number of carbonyl (C=O) groups is 3. The molecular weight excluding hydrogens is 424 g/mol. The summed E-state index contributed by atoms with van der Waals surface area (Å²) in [5, 5.41) is 0. The van der Waals surface area contributed by atoms with E-state index in [4.69, 9.17) is 0 Å². The van der Waals surface area contributed by atoms with Gasteiger partial charge in [0.05, 0.1) is 22.9 Å². The van der Waals surface area contributed by atoms with Crippen LogP contribution < -0.4 is 4.90 Å². The lowest BCUT2D eigenvalue weighted by Crippen LogP contribution is -2.44. The molecule has 3 amide bonds. The lowest BCUT2D eigenvalue weighted by Gasteiger charge is -2.39. The average Bonchev–Trinajstić information content (AvgIpc) is 3.14. The van der Waals surface area contributed by atoms with E-state index < -0.39 is 0 Å². The largest absolute Gasteiger partial charge is 0.333 e. The first-order valence-corrected chi connectivity index (χ1v) is 11.9. The number of rotatable bonds is 5. The van der Waals surface area contributed by atoms with Crippen LogP contribution >= 0.6 is 0 Å². The van der Waals surface area contributed by atoms with Gasteiger partial charge in [-0.05, 0) is 67.1 Å². The van der Waals surface area contributed by atoms with Crippen LogP contribution in [0.25, 0.3) is 0 Å². The van der Waals surface area contributed by atoms with Crippen LogP contribution in [0.15, 0.2) is 72.8 Å². The van der Waals surface area contributed by atoms with Crippen LogP contribution in [0.2, 0.25) is 0 Å². The van der Waals surface area contributed by atoms with Crippen molar-refractivity contribution in [2.45, 2.75) is 51.6 Å². The summed E-state index contributed by atoms with van der Waals surface area (Å²) in [6.07, 6.45) is 2.88. The smallest absolute Gasteiger partial charge is 0.266 e. The number of hydrogen-bond donors (Lipinski definition) is 0. The molecule has 0 bridgehead atoms. The molecule has 5 rings (SSSR count). The molecule has 5 heteroatoms. The summed E-state index contributed by atoms with van der Waals surface area (Å²) in [5.74, 6) is -0.385. The van der Waals surface area contributed by atoms with Crippen LogP contribution in [0.4, 0.5) is 5.69 Å². The molecule has 3 aromatic rings. The Labute approximate surface area is 200 Å². The maximum atomic E-state index is 13.0. The highest BCUT2D eigenvalue weighted by Gasteiger charge is 2.37. The fourth-order valence-electron chi connectivity index (χ4n) is 5.33. The van der Waals surface area contributed by atoms with Crippen LogP contribution in [-0.4, -0.2) is 28.7 Å². The van der Waals surface area contributed by atoms with Crippen molar-refractivity contribution in [3.63, 3.8) is 0 Å². The van der Waals surface area contributed by atoms with Crippen molar-refractivity contribution in [2.75, 3.05) is 4.90 Å². The van der Waals surface area contributed by atoms with E-state index in [-0.39, 0.29) is 29.8 Å². The maximum Gasteiger partial charge on any atom is 0.266 e. The predicted octanol–water partition coefficient (Wildman–Crippen LogP) is 5.34. The van der Waals surface area contributed by atoms with E-state index in [0.29, 0.717) is 23.2 Å². The zero-order valence-electron chi connectivity index (χ0n) is 19.5. The minimum Gasteiger partial charge on any atom is -0.333 e. The minimum atomic E-state index is -0.273. The Morgan fingerprint density at radius 2 is 1.59 bits per heavy atom. The molecule has 0 fully saturated rings. The van der Waals surface area contributed by atoms with E-state index in [1.807, 2.05) is 43.3 Å². The maximum absolute atomic E-state index is 13.0. The van der Waals surface area contributed by atoms with Gasteiger partial charge in [0, 0.05) is 12.5 Å². The molecule has 34 heavy (non-hydrogen) atoms. The summed E-state index contributed by atoms with van der Waals surface area (Å²) in [6, 6.07) is 23.1. The summed E-state index contributed by atoms with van der Waals surface area (Å²) in [7, 11) is 0. The molecule has 3 aromatic carbocycles. The van der Waals surface area contributed by atoms with Crippen molar-refractivity contribution in [1.29, 1.82) is 0 Å². The molecule has 172 valence electrons. The molecule has 0 radical (unpaired) electrons. The SMILES string of the molecule is CCC(=O)N(C1CCc2cc(N3C(=O)c4ccccc4C3=O)ccc2C1)[C@H](C)c1ccccc1. The Balaban J connectivity index is 1.40. The van der Waals surface area contributed by atoms with Crippen molar-refractivity contribution in [2.24, 2.45) is 0 Å². The zero-order chi connectivity index (χ0) is 23.8. The normalized spacial score (nSPS) is 17.8. The van der Waals surface area contributed by atoms with E-state index in [2.05, 4.69) is 24.0 Å². The highest BCUT2D eigenvalue weighted by molar-refractivity contribution is 6.34. The number of hydrogen-bond acceptors (Lipinski definition) is 3. The van der Waals surface area contributed by atoms with Gasteiger partial charge in [0.15, 0.2) is 0 Å². The number of benzene rings is 3. The molecule has 5 nitrogen and oxygen atoms in total. The molecule has 0 saturated carbocycles. The van der Waals surface area contributed by atoms with Crippen LogP contribution in [0.1, 0.15) is 70.1 Å². The standard InChI is InChI=1S/C29H28N2O3/c1-3-27(32)30(19(2)20-9-5-4-6-10-20)23-15-13-22-18-24(16-14-21(22)17-23)31-28(33)25-11-7-8-12-26(25)29(31)34/h4-12,14,16,18-19,23H,3,13,15,17H2,1-2H3/t19-,23?/m1/s1. The number of carbonyl (C=O) groups excluding carboxylic acids is 3. The van der Waals surface area contributed by atoms with Crippen LogP contribution in [-0.2, 0) is 17.6 Å². The lowest BCUT2D eigenvalue weighted by molar-refractivity contribution is -0.136. The minimum absolute atomic E-state index is 0.00202. The first-order chi connectivity index (χ1) is 16.5. The summed E-state index contributed by atoms with van der Waals surface area (Å²) in [4.78, 5) is 42.1. The molecule has 0 aromatic heterocycles. The first kappa shape index (κ1) is 22.1. The van der Waals surface area contributed by atoms with Crippen LogP contribution in [0.3, 0.4) is 0 Å². The van der Waals surface area contributed by atoms with Gasteiger partial charge in [-0.25, -0.2) is 4.90 Å². The van der Waals surface area contributed by atoms with Gasteiger partial charge >= 0.3 is 0 Å². The molecule has 1 unspecified atom stereocenters. The Kier molecular flexibility index (Phi) is 5.78. The lowest BCUT2D eigenvalue weighted by atomic mass is 9.86. The van der Waals surface area contributed by atoms with Gasteiger partial charge in [-0.3, -0.25) is 14.4 Å². The Morgan fingerprint density at radius 1 is 0.941 bits per heavy atom. The predicted molar refractivity (Wildman–Crippen MR) is 132 cm³/mol. The average molecular weight is 453 g/mol. The van der Waals surface area contributed by atoms with E-state index in [9.17, 15) is 14.4 Å². The topological polar surface area (TPSA) is 57.7 Å². The number of nitrogens with zero attached hydrogens (tertiary/aromatic N) is 2. The number of aryl methyl sites for hydroxylation is 1. The van der Waals surface area contributed by atoms with Gasteiger partial charge < -0.3 is 4.90 Å². The van der Waals surface area contributed by atoms with Gasteiger partial charge in [-0.2, -0.15) is 0 Å². The van der Waals surface area contributed by atoms with E-state index in [1.165, 1.54) is 10.5 Å². The van der Waals surface area contributed by atoms with E-state index in [1.54, 1.807) is 24.3 Å². The first-order valence-electron chi connectivity index (χ1n) is 11.9. The molecule has 0 spiro atoms. The number of anilines is 1. The van der Waals surface area contributed by atoms with Crippen LogP contribution in [0.5, 0.6) is 0 Å². The zero-order valence-corrected chi connectivity index (χ0v) is 19.5. The monoisotopic (exact) mass is 452 g/mol. The molecule has 0 N–H and O–H groups in total. The summed E-state index contributed by atoms with van der Waals surface area (Å²) >= 11 is 0. The number of amides is 3. The van der Waals surface area contributed by atoms with Gasteiger partial charge in [0.2, 0.25) is 5.91 Å². The molecule has 1 aliphatic carbocycles. The molecule has 0 saturated heterocycles. The van der Waals surface area contributed by atoms with Crippen molar-refractivity contribution < 1.29 is 14.4 Å². The molecule has 2 aliphatic rings. The van der Waals surface area contributed by atoms with Crippen molar-refractivity contribution in [3.05, 3.63) is 101 Å². The molecule has 1 aliphatic heterocycles. The summed E-state index contributed by atoms with van der Waals surface area (Å²) in [5.41, 5.74) is 4.97. The second kappa shape index (κ2) is 8.90. The quantitative estimate of drug-likeness (QED) is 0.491. The van der Waals surface area contributed by atoms with Gasteiger partial charge in [-0.1, -0.05) is 55.5 Å². The van der Waals surface area contributed by atoms with Gasteiger partial charge in [-0.15, -0.1) is 0 Å². The highest BCUT2D eigenvalue weighted by Crippen LogP contribution is 2.35. The van der Waals surface area contributed by atoms with Crippen molar-refractivity contribution in [1.82, 2.24) is 4.90 Å². The molecular formula is C29H28N2O3. The fraction of sp³-hybridized carbons (Fsp3) is 0.276. The Hall–Kier alpha value is -3.73. The third-order valence-electron chi connectivity index (χ3n) is 7.13. The van der Waals surface area contributed by atoms with Crippen molar-refractivity contribution >= 4 is 23.4 Å². The second-order valence-electron chi connectivity index (χ2n) is 9.08. The molecule has 2 atom stereocenters. The third kappa shape index (κ3) is 3.71. The highest BCUT2D eigenvalue weighted by atomic mass is 16.2. The van der Waals surface area contributed by atoms with Gasteiger partial charge in [0.1, 0.15) is 0 Å². The van der Waals surface area contributed by atoms with E-state index in [0.717, 1.165) is 30.4 Å². The van der Waals surface area contributed by atoms with Crippen molar-refractivity contribution in [3.8, 4) is 0 Å². The number of fused-ring (bicyclic) bond motifs is 2. The summed E-state index contributed by atoms with van der Waals surface area (Å²) < 4.78 is 0. The second-order valence-corrected chi connectivity index (χ2v) is 9.08. The fourth-order valence-corrected chi connectivity index (χ4v) is 5.33. The number of imide groups is 1. The summed E-state index contributed by atoms with van der Waals surface area (Å²) in [6.45, 7) is 4.02. The van der Waals surface area contributed by atoms with Gasteiger partial charge in [0.25, 0.3) is 11.8 Å². The van der Waals surface area contributed by atoms with E-state index >= 15 is 0 Å². The Morgan fingerprint density at radius 3 is 2.24 bits per heavy atom. The third-order valence-corrected chi connectivity index (χ3v) is 7.13. The van der Waals surface area contributed by atoms with Crippen LogP contribution in [0, 0.1) is 0 Å². The molecule has 1 heterocycles. The Bertz CT molecular complexity index is 1230.